The van der Waals surface area contributed by atoms with Gasteiger partial charge in [-0.25, -0.2) is 9.07 Å². The molecule has 1 aliphatic heterocycles. The summed E-state index contributed by atoms with van der Waals surface area (Å²) >= 11 is 6.41. The Bertz CT molecular complexity index is 585. The largest absolute Gasteiger partial charge is 0.380 e. The Kier molecular flexibility index (Phi) is 4.36. The second kappa shape index (κ2) is 5.67. The maximum Gasteiger partial charge on any atom is 0.142 e. The molecule has 1 aromatic heterocycles. The summed E-state index contributed by atoms with van der Waals surface area (Å²) in [5.74, 6) is 0.875. The summed E-state index contributed by atoms with van der Waals surface area (Å²) in [7, 11) is 1.74. The first-order valence-electron chi connectivity index (χ1n) is 6.11. The molecule has 1 saturated heterocycles. The van der Waals surface area contributed by atoms with Gasteiger partial charge in [-0.1, -0.05) is 12.1 Å². The SMILES string of the molecule is CO[C@@H]1CN[C@H](c2nc3cccc(C)c3n2Cl)C1.Cl. The average molecular weight is 302 g/mol. The summed E-state index contributed by atoms with van der Waals surface area (Å²) in [6.45, 7) is 2.90. The van der Waals surface area contributed by atoms with Crippen molar-refractivity contribution in [3.63, 3.8) is 0 Å². The molecule has 1 fully saturated rings. The van der Waals surface area contributed by atoms with Gasteiger partial charge in [-0.2, -0.15) is 0 Å². The number of fused-ring (bicyclic) bond motifs is 1. The summed E-state index contributed by atoms with van der Waals surface area (Å²) < 4.78 is 7.04. The number of imidazole rings is 1. The molecule has 1 aromatic carbocycles. The number of benzene rings is 1. The molecule has 0 radical (unpaired) electrons. The van der Waals surface area contributed by atoms with E-state index in [0.29, 0.717) is 0 Å². The summed E-state index contributed by atoms with van der Waals surface area (Å²) in [6, 6.07) is 6.21. The second-order valence-electron chi connectivity index (χ2n) is 4.75. The van der Waals surface area contributed by atoms with Crippen LogP contribution < -0.4 is 5.32 Å². The number of aryl methyl sites for hydroxylation is 1. The molecule has 0 unspecified atom stereocenters. The number of ether oxygens (including phenoxy) is 1. The molecule has 2 atom stereocenters. The minimum absolute atomic E-state index is 0. The lowest BCUT2D eigenvalue weighted by Crippen LogP contribution is -2.17. The molecule has 0 spiro atoms. The lowest BCUT2D eigenvalue weighted by Gasteiger charge is -2.09. The number of hydrogen-bond donors (Lipinski definition) is 1. The monoisotopic (exact) mass is 301 g/mol. The fraction of sp³-hybridized carbons (Fsp3) is 0.462. The van der Waals surface area contributed by atoms with Gasteiger partial charge in [-0.15, -0.1) is 12.4 Å². The quantitative estimate of drug-likeness (QED) is 0.927. The molecule has 6 heteroatoms. The number of hydrogen-bond acceptors (Lipinski definition) is 3. The number of nitrogens with one attached hydrogen (secondary N) is 1. The maximum absolute atomic E-state index is 6.41. The Balaban J connectivity index is 0.00000133. The zero-order valence-corrected chi connectivity index (χ0v) is 12.5. The first-order chi connectivity index (χ1) is 8.70. The highest BCUT2D eigenvalue weighted by atomic mass is 35.5. The number of aromatic nitrogens is 2. The van der Waals surface area contributed by atoms with Crippen LogP contribution in [-0.2, 0) is 4.74 Å². The van der Waals surface area contributed by atoms with Crippen molar-refractivity contribution < 1.29 is 4.74 Å². The van der Waals surface area contributed by atoms with Crippen LogP contribution in [0.5, 0.6) is 0 Å². The molecule has 0 aliphatic carbocycles. The van der Waals surface area contributed by atoms with Gasteiger partial charge in [0, 0.05) is 25.4 Å². The van der Waals surface area contributed by atoms with Crippen LogP contribution in [0.3, 0.4) is 0 Å². The Hall–Kier alpha value is -0.810. The summed E-state index contributed by atoms with van der Waals surface area (Å²) in [4.78, 5) is 4.64. The van der Waals surface area contributed by atoms with Crippen LogP contribution in [0.4, 0.5) is 0 Å². The Morgan fingerprint density at radius 1 is 1.47 bits per heavy atom. The molecule has 1 N–H and O–H groups in total. The van der Waals surface area contributed by atoms with E-state index >= 15 is 0 Å². The van der Waals surface area contributed by atoms with E-state index in [0.717, 1.165) is 35.4 Å². The Morgan fingerprint density at radius 2 is 2.26 bits per heavy atom. The van der Waals surface area contributed by atoms with E-state index in [2.05, 4.69) is 10.3 Å². The van der Waals surface area contributed by atoms with Crippen LogP contribution in [0.15, 0.2) is 18.2 Å². The van der Waals surface area contributed by atoms with E-state index in [4.69, 9.17) is 16.5 Å². The van der Waals surface area contributed by atoms with E-state index in [1.54, 1.807) is 11.2 Å². The van der Waals surface area contributed by atoms with Crippen molar-refractivity contribution in [2.45, 2.75) is 25.5 Å². The fourth-order valence-corrected chi connectivity index (χ4v) is 2.94. The van der Waals surface area contributed by atoms with Crippen molar-refractivity contribution in [1.29, 1.82) is 0 Å². The van der Waals surface area contributed by atoms with Crippen molar-refractivity contribution in [3.05, 3.63) is 29.6 Å². The van der Waals surface area contributed by atoms with Crippen molar-refractivity contribution in [3.8, 4) is 0 Å². The fourth-order valence-electron chi connectivity index (χ4n) is 2.57. The van der Waals surface area contributed by atoms with Gasteiger partial charge < -0.3 is 10.1 Å². The number of methoxy groups -OCH3 is 1. The maximum atomic E-state index is 6.41. The average Bonchev–Trinajstić information content (AvgIpc) is 2.94. The van der Waals surface area contributed by atoms with Gasteiger partial charge in [0.2, 0.25) is 0 Å². The third kappa shape index (κ3) is 2.46. The van der Waals surface area contributed by atoms with Crippen LogP contribution in [0.1, 0.15) is 23.9 Å². The molecular weight excluding hydrogens is 285 g/mol. The molecule has 2 aromatic rings. The topological polar surface area (TPSA) is 39.1 Å². The number of para-hydroxylation sites is 1. The van der Waals surface area contributed by atoms with Crippen LogP contribution >= 0.6 is 24.2 Å². The zero-order valence-electron chi connectivity index (χ0n) is 10.9. The molecule has 2 heterocycles. The molecular formula is C13H17Cl2N3O. The van der Waals surface area contributed by atoms with E-state index in [9.17, 15) is 0 Å². The van der Waals surface area contributed by atoms with E-state index in [1.807, 2.05) is 25.1 Å². The molecule has 19 heavy (non-hydrogen) atoms. The number of rotatable bonds is 2. The minimum atomic E-state index is 0. The lowest BCUT2D eigenvalue weighted by atomic mass is 10.2. The predicted molar refractivity (Wildman–Crippen MR) is 79.1 cm³/mol. The molecule has 1 aliphatic rings. The highest BCUT2D eigenvalue weighted by Gasteiger charge is 2.29. The van der Waals surface area contributed by atoms with Crippen molar-refractivity contribution in [2.24, 2.45) is 0 Å². The smallest absolute Gasteiger partial charge is 0.142 e. The molecule has 4 nitrogen and oxygen atoms in total. The third-order valence-electron chi connectivity index (χ3n) is 3.58. The Labute approximate surface area is 123 Å². The van der Waals surface area contributed by atoms with Gasteiger partial charge in [0.1, 0.15) is 5.82 Å². The molecule has 0 bridgehead atoms. The van der Waals surface area contributed by atoms with E-state index < -0.39 is 0 Å². The van der Waals surface area contributed by atoms with Crippen molar-refractivity contribution in [2.75, 3.05) is 13.7 Å². The first-order valence-corrected chi connectivity index (χ1v) is 6.45. The molecule has 104 valence electrons. The van der Waals surface area contributed by atoms with E-state index in [-0.39, 0.29) is 24.6 Å². The summed E-state index contributed by atoms with van der Waals surface area (Å²) in [5, 5.41) is 3.40. The van der Waals surface area contributed by atoms with Gasteiger partial charge in [0.05, 0.1) is 23.2 Å². The van der Waals surface area contributed by atoms with E-state index in [1.165, 1.54) is 0 Å². The van der Waals surface area contributed by atoms with Crippen LogP contribution in [0.25, 0.3) is 11.0 Å². The summed E-state index contributed by atoms with van der Waals surface area (Å²) in [6.07, 6.45) is 1.15. The van der Waals surface area contributed by atoms with Gasteiger partial charge >= 0.3 is 0 Å². The number of halogens is 2. The second-order valence-corrected chi connectivity index (χ2v) is 5.09. The normalized spacial score (nSPS) is 22.7. The summed E-state index contributed by atoms with van der Waals surface area (Å²) in [5.41, 5.74) is 3.09. The lowest BCUT2D eigenvalue weighted by molar-refractivity contribution is 0.117. The third-order valence-corrected chi connectivity index (χ3v) is 3.93. The highest BCUT2D eigenvalue weighted by molar-refractivity contribution is 6.19. The minimum Gasteiger partial charge on any atom is -0.380 e. The molecule has 0 saturated carbocycles. The van der Waals surface area contributed by atoms with Gasteiger partial charge in [0.25, 0.3) is 0 Å². The Morgan fingerprint density at radius 3 is 2.89 bits per heavy atom. The number of nitrogens with zero attached hydrogens (tertiary/aromatic N) is 2. The highest BCUT2D eigenvalue weighted by Crippen LogP contribution is 2.29. The van der Waals surface area contributed by atoms with Crippen molar-refractivity contribution in [1.82, 2.24) is 14.4 Å². The van der Waals surface area contributed by atoms with Gasteiger partial charge in [-0.05, 0) is 25.0 Å². The van der Waals surface area contributed by atoms with Gasteiger partial charge in [0.15, 0.2) is 0 Å². The van der Waals surface area contributed by atoms with Crippen LogP contribution in [0, 0.1) is 6.92 Å². The molecule has 3 rings (SSSR count). The van der Waals surface area contributed by atoms with Gasteiger partial charge in [-0.3, -0.25) is 0 Å². The first kappa shape index (κ1) is 14.6. The van der Waals surface area contributed by atoms with Crippen LogP contribution in [0.2, 0.25) is 0 Å². The van der Waals surface area contributed by atoms with Crippen LogP contribution in [-0.4, -0.2) is 28.8 Å². The zero-order chi connectivity index (χ0) is 12.7. The standard InChI is InChI=1S/C13H16ClN3O.ClH/c1-8-4-3-5-10-12(8)17(14)13(16-10)11-6-9(18-2)7-15-11;/h3-5,9,11,15H,6-7H2,1-2H3;1H/t9-,11-;/m0./s1. The molecule has 0 amide bonds. The van der Waals surface area contributed by atoms with Crippen molar-refractivity contribution >= 4 is 35.2 Å². The predicted octanol–water partition coefficient (Wildman–Crippen LogP) is 2.82.